The molecule has 1 heterocycles. The van der Waals surface area contributed by atoms with E-state index in [-0.39, 0.29) is 29.9 Å². The third kappa shape index (κ3) is 3.40. The number of ketones is 1. The Morgan fingerprint density at radius 2 is 2.10 bits per heavy atom. The Kier molecular flexibility index (Phi) is 4.27. The van der Waals surface area contributed by atoms with E-state index in [2.05, 4.69) is 0 Å². The second kappa shape index (κ2) is 5.96. The van der Waals surface area contributed by atoms with Crippen LogP contribution in [0.3, 0.4) is 0 Å². The van der Waals surface area contributed by atoms with Gasteiger partial charge in [0.25, 0.3) is 0 Å². The van der Waals surface area contributed by atoms with Crippen LogP contribution < -0.4 is 10.4 Å². The van der Waals surface area contributed by atoms with Crippen LogP contribution in [0.15, 0.2) is 18.2 Å². The molecule has 1 amide bonds. The van der Waals surface area contributed by atoms with E-state index in [0.29, 0.717) is 12.0 Å². The maximum Gasteiger partial charge on any atom is 0.526 e. The highest BCUT2D eigenvalue weighted by molar-refractivity contribution is 6.47. The number of carboxylic acid groups (broad SMARTS) is 1. The number of hydrogen-bond acceptors (Lipinski definition) is 5. The molecule has 8 heteroatoms. The smallest absolute Gasteiger partial charge is 0.526 e. The molecule has 1 aliphatic rings. The molecule has 0 unspecified atom stereocenters. The fourth-order valence-electron chi connectivity index (χ4n) is 2.39. The van der Waals surface area contributed by atoms with Crippen LogP contribution in [0.2, 0.25) is 5.82 Å². The van der Waals surface area contributed by atoms with E-state index in [4.69, 9.17) is 15.5 Å². The normalized spacial score (nSPS) is 16.8. The van der Waals surface area contributed by atoms with E-state index in [1.54, 1.807) is 12.1 Å². The molecule has 2 rings (SSSR count). The van der Waals surface area contributed by atoms with Crippen molar-refractivity contribution in [1.82, 2.24) is 0 Å². The minimum absolute atomic E-state index is 0.0338. The van der Waals surface area contributed by atoms with Crippen LogP contribution >= 0.6 is 0 Å². The van der Waals surface area contributed by atoms with Crippen LogP contribution in [0.5, 0.6) is 5.75 Å². The molecule has 1 aromatic rings. The van der Waals surface area contributed by atoms with Gasteiger partial charge < -0.3 is 20.5 Å². The van der Waals surface area contributed by atoms with Gasteiger partial charge in [0.15, 0.2) is 0 Å². The molecule has 4 N–H and O–H groups in total. The first-order valence-corrected chi connectivity index (χ1v) is 6.38. The Hall–Kier alpha value is -2.35. The quantitative estimate of drug-likeness (QED) is 0.518. The fraction of sp³-hybridized carbons (Fsp3) is 0.308. The molecule has 0 bridgehead atoms. The molecule has 0 aromatic heterocycles. The van der Waals surface area contributed by atoms with Crippen molar-refractivity contribution in [2.24, 2.45) is 5.73 Å². The van der Waals surface area contributed by atoms with Crippen LogP contribution in [0.1, 0.15) is 28.8 Å². The number of carboxylic acids is 1. The summed E-state index contributed by atoms with van der Waals surface area (Å²) in [5.41, 5.74) is 5.52. The lowest BCUT2D eigenvalue weighted by atomic mass is 9.64. The molecule has 1 atom stereocenters. The van der Waals surface area contributed by atoms with Gasteiger partial charge in [0.1, 0.15) is 11.5 Å². The van der Waals surface area contributed by atoms with Crippen molar-refractivity contribution in [3.8, 4) is 5.75 Å². The van der Waals surface area contributed by atoms with Gasteiger partial charge in [0.05, 0.1) is 12.0 Å². The number of benzene rings is 1. The Bertz CT molecular complexity index is 602. The van der Waals surface area contributed by atoms with Crippen LogP contribution in [-0.2, 0) is 16.0 Å². The highest BCUT2D eigenvalue weighted by Crippen LogP contribution is 2.36. The summed E-state index contributed by atoms with van der Waals surface area (Å²) in [5, 5.41) is 19.0. The topological polar surface area (TPSA) is 127 Å². The first-order chi connectivity index (χ1) is 9.88. The number of carbonyl (C=O) groups excluding carboxylic acids is 2. The molecule has 0 saturated heterocycles. The zero-order chi connectivity index (χ0) is 15.6. The Morgan fingerprint density at radius 3 is 2.71 bits per heavy atom. The van der Waals surface area contributed by atoms with E-state index in [0.717, 1.165) is 0 Å². The minimum Gasteiger partial charge on any atom is -0.535 e. The molecule has 0 fully saturated rings. The zero-order valence-corrected chi connectivity index (χ0v) is 11.1. The van der Waals surface area contributed by atoms with Gasteiger partial charge in [-0.1, -0.05) is 12.1 Å². The number of rotatable bonds is 5. The average molecular weight is 291 g/mol. The van der Waals surface area contributed by atoms with Crippen molar-refractivity contribution < 1.29 is 29.2 Å². The lowest BCUT2D eigenvalue weighted by Gasteiger charge is -2.27. The summed E-state index contributed by atoms with van der Waals surface area (Å²) < 4.78 is 5.25. The molecule has 7 nitrogen and oxygen atoms in total. The molecule has 0 radical (unpaired) electrons. The van der Waals surface area contributed by atoms with E-state index >= 15 is 0 Å². The molecular weight excluding hydrogens is 277 g/mol. The van der Waals surface area contributed by atoms with Crippen molar-refractivity contribution >= 4 is 24.8 Å². The van der Waals surface area contributed by atoms with Crippen LogP contribution in [-0.4, -0.2) is 34.9 Å². The second-order valence-electron chi connectivity index (χ2n) is 4.96. The first kappa shape index (κ1) is 15.1. The lowest BCUT2D eigenvalue weighted by molar-refractivity contribution is -0.126. The third-order valence-electron chi connectivity index (χ3n) is 3.31. The summed E-state index contributed by atoms with van der Waals surface area (Å²) in [7, 11) is -1.30. The van der Waals surface area contributed by atoms with Crippen LogP contribution in [0.25, 0.3) is 0 Å². The lowest BCUT2D eigenvalue weighted by Crippen LogP contribution is -2.36. The molecule has 110 valence electrons. The Balaban J connectivity index is 2.17. The number of hydrogen-bond donors (Lipinski definition) is 3. The van der Waals surface area contributed by atoms with Crippen molar-refractivity contribution in [3.63, 3.8) is 0 Å². The fourth-order valence-corrected chi connectivity index (χ4v) is 2.39. The summed E-state index contributed by atoms with van der Waals surface area (Å²) in [6, 6.07) is 4.64. The number of nitrogens with two attached hydrogens (primary N) is 1. The van der Waals surface area contributed by atoms with Gasteiger partial charge in [-0.05, 0) is 18.1 Å². The van der Waals surface area contributed by atoms with Crippen LogP contribution in [0.4, 0.5) is 0 Å². The number of carbonyl (C=O) groups is 3. The molecule has 0 saturated carbocycles. The van der Waals surface area contributed by atoms with Gasteiger partial charge in [-0.2, -0.15) is 0 Å². The van der Waals surface area contributed by atoms with Crippen LogP contribution in [0, 0.1) is 0 Å². The predicted octanol–water partition coefficient (Wildman–Crippen LogP) is 0.00500. The maximum atomic E-state index is 11.6. The van der Waals surface area contributed by atoms with E-state index < -0.39 is 24.8 Å². The minimum atomic E-state index is -1.30. The van der Waals surface area contributed by atoms with Crippen molar-refractivity contribution in [1.29, 1.82) is 0 Å². The standard InChI is InChI=1S/C13H14BNO6/c15-11(17)6-9(16)5-8-4-7-2-1-3-10(13(18)19)12(7)21-14(8)20/h1-3,8,20H,4-6H2,(H2,15,17)(H,18,19)/t8-/m1/s1. The predicted molar refractivity (Wildman–Crippen MR) is 72.9 cm³/mol. The summed E-state index contributed by atoms with van der Waals surface area (Å²) in [5.74, 6) is -2.67. The number of fused-ring (bicyclic) bond motifs is 1. The van der Waals surface area contributed by atoms with Gasteiger partial charge in [0.2, 0.25) is 5.91 Å². The van der Waals surface area contributed by atoms with Crippen molar-refractivity contribution in [3.05, 3.63) is 29.3 Å². The summed E-state index contributed by atoms with van der Waals surface area (Å²) in [6.07, 6.45) is -0.145. The summed E-state index contributed by atoms with van der Waals surface area (Å²) >= 11 is 0. The number of aromatic carboxylic acids is 1. The largest absolute Gasteiger partial charge is 0.535 e. The van der Waals surface area contributed by atoms with Gasteiger partial charge >= 0.3 is 13.1 Å². The zero-order valence-electron chi connectivity index (χ0n) is 11.1. The van der Waals surface area contributed by atoms with Gasteiger partial charge in [0, 0.05) is 12.2 Å². The number of Topliss-reactive ketones (excluding diaryl/α,β-unsaturated/α-hetero) is 1. The maximum absolute atomic E-state index is 11.6. The van der Waals surface area contributed by atoms with Gasteiger partial charge in [-0.3, -0.25) is 9.59 Å². The number of amides is 1. The summed E-state index contributed by atoms with van der Waals surface area (Å²) in [6.45, 7) is 0. The molecule has 0 spiro atoms. The molecule has 0 aliphatic carbocycles. The third-order valence-corrected chi connectivity index (χ3v) is 3.31. The van der Waals surface area contributed by atoms with E-state index in [1.165, 1.54) is 6.07 Å². The first-order valence-electron chi connectivity index (χ1n) is 6.38. The Labute approximate surface area is 120 Å². The van der Waals surface area contributed by atoms with E-state index in [1.807, 2.05) is 0 Å². The number of primary amides is 1. The summed E-state index contributed by atoms with van der Waals surface area (Å²) in [4.78, 5) is 33.4. The molecule has 1 aromatic carbocycles. The molecule has 21 heavy (non-hydrogen) atoms. The van der Waals surface area contributed by atoms with Crippen molar-refractivity contribution in [2.75, 3.05) is 0 Å². The molecule has 1 aliphatic heterocycles. The van der Waals surface area contributed by atoms with Gasteiger partial charge in [-0.15, -0.1) is 0 Å². The highest BCUT2D eigenvalue weighted by Gasteiger charge is 2.37. The van der Waals surface area contributed by atoms with E-state index in [9.17, 15) is 19.4 Å². The number of para-hydroxylation sites is 1. The monoisotopic (exact) mass is 291 g/mol. The van der Waals surface area contributed by atoms with Gasteiger partial charge in [-0.25, -0.2) is 4.79 Å². The average Bonchev–Trinajstić information content (AvgIpc) is 2.37. The molecular formula is C13H14BNO6. The highest BCUT2D eigenvalue weighted by atomic mass is 16.5. The second-order valence-corrected chi connectivity index (χ2v) is 4.96. The van der Waals surface area contributed by atoms with Crippen molar-refractivity contribution in [2.45, 2.75) is 25.1 Å². The SMILES string of the molecule is NC(=O)CC(=O)C[C@H]1Cc2cccc(C(=O)O)c2OB1O. The Morgan fingerprint density at radius 1 is 1.38 bits per heavy atom.